The fourth-order valence-corrected chi connectivity index (χ4v) is 1.13. The maximum absolute atomic E-state index is 12.5. The molecule has 100 valence electrons. The van der Waals surface area contributed by atoms with Gasteiger partial charge in [-0.3, -0.25) is 0 Å². The zero-order chi connectivity index (χ0) is 14.1. The summed E-state index contributed by atoms with van der Waals surface area (Å²) >= 11 is 0. The predicted octanol–water partition coefficient (Wildman–Crippen LogP) is 2.64. The number of nitrogens with zero attached hydrogens (tertiary/aromatic N) is 1. The number of pyridine rings is 1. The minimum Gasteiger partial charge on any atom is -0.456 e. The van der Waals surface area contributed by atoms with Crippen LogP contribution in [-0.2, 0) is 10.9 Å². The maximum Gasteiger partial charge on any atom is 0.417 e. The van der Waals surface area contributed by atoms with E-state index in [4.69, 9.17) is 10.5 Å². The molecule has 0 saturated heterocycles. The number of halogens is 3. The number of rotatable bonds is 1. The summed E-state index contributed by atoms with van der Waals surface area (Å²) < 4.78 is 42.3. The summed E-state index contributed by atoms with van der Waals surface area (Å²) in [4.78, 5) is 15.0. The van der Waals surface area contributed by atoms with Crippen LogP contribution in [-0.4, -0.2) is 16.6 Å². The number of carbonyl (C=O) groups is 1. The fraction of sp³-hybridized carbons (Fsp3) is 0.455. The van der Waals surface area contributed by atoms with Crippen molar-refractivity contribution in [1.82, 2.24) is 4.98 Å². The van der Waals surface area contributed by atoms with Gasteiger partial charge in [0.25, 0.3) is 0 Å². The standard InChI is InChI=1S/C11H13F3N2O2/c1-10(2,3)18-9(17)7-4-6(11(12,13)14)5-16-8(7)15/h4-5H,1-3H3,(H2,15,16). The second kappa shape index (κ2) is 4.47. The highest BCUT2D eigenvalue weighted by atomic mass is 19.4. The highest BCUT2D eigenvalue weighted by Crippen LogP contribution is 2.30. The summed E-state index contributed by atoms with van der Waals surface area (Å²) in [5.74, 6) is -1.23. The first-order valence-corrected chi connectivity index (χ1v) is 5.07. The van der Waals surface area contributed by atoms with Crippen molar-refractivity contribution in [3.05, 3.63) is 23.4 Å². The van der Waals surface area contributed by atoms with Crippen LogP contribution in [0.5, 0.6) is 0 Å². The topological polar surface area (TPSA) is 65.2 Å². The third-order valence-corrected chi connectivity index (χ3v) is 1.86. The first-order valence-electron chi connectivity index (χ1n) is 5.07. The normalized spacial score (nSPS) is 12.3. The summed E-state index contributed by atoms with van der Waals surface area (Å²) in [6, 6.07) is 0.635. The number of nitrogens with two attached hydrogens (primary N) is 1. The van der Waals surface area contributed by atoms with E-state index in [0.717, 1.165) is 0 Å². The van der Waals surface area contributed by atoms with Gasteiger partial charge in [-0.25, -0.2) is 9.78 Å². The Morgan fingerprint density at radius 2 is 1.89 bits per heavy atom. The molecule has 0 unspecified atom stereocenters. The van der Waals surface area contributed by atoms with Crippen molar-refractivity contribution in [2.75, 3.05) is 5.73 Å². The Labute approximate surface area is 102 Å². The van der Waals surface area contributed by atoms with Gasteiger partial charge in [0, 0.05) is 6.20 Å². The molecule has 0 aromatic carbocycles. The van der Waals surface area contributed by atoms with E-state index in [1.807, 2.05) is 0 Å². The number of nitrogen functional groups attached to an aromatic ring is 1. The first-order chi connectivity index (χ1) is 8.00. The first kappa shape index (κ1) is 14.3. The smallest absolute Gasteiger partial charge is 0.417 e. The summed E-state index contributed by atoms with van der Waals surface area (Å²) in [5.41, 5.74) is 3.12. The van der Waals surface area contributed by atoms with Crippen LogP contribution in [0.4, 0.5) is 19.0 Å². The fourth-order valence-electron chi connectivity index (χ4n) is 1.13. The van der Waals surface area contributed by atoms with E-state index in [-0.39, 0.29) is 11.4 Å². The Morgan fingerprint density at radius 3 is 2.33 bits per heavy atom. The maximum atomic E-state index is 12.5. The van der Waals surface area contributed by atoms with Crippen molar-refractivity contribution >= 4 is 11.8 Å². The lowest BCUT2D eigenvalue weighted by Gasteiger charge is -2.20. The number of anilines is 1. The second-order valence-electron chi connectivity index (χ2n) is 4.66. The van der Waals surface area contributed by atoms with Gasteiger partial charge in [-0.05, 0) is 26.8 Å². The summed E-state index contributed by atoms with van der Waals surface area (Å²) in [7, 11) is 0. The van der Waals surface area contributed by atoms with Gasteiger partial charge in [0.2, 0.25) is 0 Å². The van der Waals surface area contributed by atoms with E-state index in [0.29, 0.717) is 12.3 Å². The summed E-state index contributed by atoms with van der Waals surface area (Å²) in [5, 5.41) is 0. The van der Waals surface area contributed by atoms with Gasteiger partial charge in [-0.1, -0.05) is 0 Å². The van der Waals surface area contributed by atoms with Gasteiger partial charge >= 0.3 is 12.1 Å². The van der Waals surface area contributed by atoms with Crippen LogP contribution in [0.1, 0.15) is 36.7 Å². The number of hydrogen-bond donors (Lipinski definition) is 1. The van der Waals surface area contributed by atoms with Gasteiger partial charge in [-0.15, -0.1) is 0 Å². The molecule has 0 aliphatic heterocycles. The van der Waals surface area contributed by atoms with E-state index in [2.05, 4.69) is 4.98 Å². The molecule has 2 N–H and O–H groups in total. The van der Waals surface area contributed by atoms with Crippen molar-refractivity contribution in [1.29, 1.82) is 0 Å². The average Bonchev–Trinajstić information content (AvgIpc) is 2.13. The van der Waals surface area contributed by atoms with Crippen molar-refractivity contribution in [2.24, 2.45) is 0 Å². The highest BCUT2D eigenvalue weighted by molar-refractivity contribution is 5.94. The monoisotopic (exact) mass is 262 g/mol. The molecular formula is C11H13F3N2O2. The van der Waals surface area contributed by atoms with Crippen LogP contribution < -0.4 is 5.73 Å². The van der Waals surface area contributed by atoms with Crippen LogP contribution >= 0.6 is 0 Å². The molecule has 0 saturated carbocycles. The zero-order valence-electron chi connectivity index (χ0n) is 10.1. The Kier molecular flexibility index (Phi) is 3.54. The number of esters is 1. The number of carbonyl (C=O) groups excluding carboxylic acids is 1. The Bertz CT molecular complexity index is 464. The van der Waals surface area contributed by atoms with Crippen molar-refractivity contribution < 1.29 is 22.7 Å². The van der Waals surface area contributed by atoms with Crippen LogP contribution in [0, 0.1) is 0 Å². The van der Waals surface area contributed by atoms with Crippen molar-refractivity contribution in [3.8, 4) is 0 Å². The SMILES string of the molecule is CC(C)(C)OC(=O)c1cc(C(F)(F)F)cnc1N. The molecule has 0 aliphatic carbocycles. The quantitative estimate of drug-likeness (QED) is 0.790. The zero-order valence-corrected chi connectivity index (χ0v) is 10.1. The van der Waals surface area contributed by atoms with Gasteiger partial charge < -0.3 is 10.5 Å². The molecule has 0 aliphatic rings. The lowest BCUT2D eigenvalue weighted by Crippen LogP contribution is -2.25. The molecule has 0 fully saturated rings. The molecule has 4 nitrogen and oxygen atoms in total. The molecule has 1 heterocycles. The molecule has 1 aromatic rings. The number of hydrogen-bond acceptors (Lipinski definition) is 4. The third kappa shape index (κ3) is 3.61. The highest BCUT2D eigenvalue weighted by Gasteiger charge is 2.33. The second-order valence-corrected chi connectivity index (χ2v) is 4.66. The molecule has 0 spiro atoms. The average molecular weight is 262 g/mol. The molecule has 0 amide bonds. The molecular weight excluding hydrogens is 249 g/mol. The van der Waals surface area contributed by atoms with Gasteiger partial charge in [0.1, 0.15) is 17.0 Å². The molecule has 0 bridgehead atoms. The number of alkyl halides is 3. The lowest BCUT2D eigenvalue weighted by molar-refractivity contribution is -0.137. The minimum atomic E-state index is -4.59. The molecule has 0 atom stereocenters. The minimum absolute atomic E-state index is 0.294. The van der Waals surface area contributed by atoms with Crippen LogP contribution in [0.3, 0.4) is 0 Å². The van der Waals surface area contributed by atoms with Crippen molar-refractivity contribution in [2.45, 2.75) is 32.5 Å². The number of ether oxygens (including phenoxy) is 1. The molecule has 1 aromatic heterocycles. The largest absolute Gasteiger partial charge is 0.456 e. The van der Waals surface area contributed by atoms with Gasteiger partial charge in [-0.2, -0.15) is 13.2 Å². The summed E-state index contributed by atoms with van der Waals surface area (Å²) in [6.45, 7) is 4.80. The van der Waals surface area contributed by atoms with E-state index in [1.54, 1.807) is 20.8 Å². The molecule has 1 rings (SSSR count). The lowest BCUT2D eigenvalue weighted by atomic mass is 10.1. The molecule has 18 heavy (non-hydrogen) atoms. The Balaban J connectivity index is 3.13. The van der Waals surface area contributed by atoms with Crippen molar-refractivity contribution in [3.63, 3.8) is 0 Å². The predicted molar refractivity (Wildman–Crippen MR) is 58.8 cm³/mol. The van der Waals surface area contributed by atoms with Gasteiger partial charge in [0.05, 0.1) is 5.56 Å². The number of aromatic nitrogens is 1. The van der Waals surface area contributed by atoms with E-state index < -0.39 is 23.3 Å². The van der Waals surface area contributed by atoms with E-state index in [9.17, 15) is 18.0 Å². The summed E-state index contributed by atoms with van der Waals surface area (Å²) in [6.07, 6.45) is -4.01. The van der Waals surface area contributed by atoms with Crippen LogP contribution in [0.2, 0.25) is 0 Å². The Hall–Kier alpha value is -1.79. The van der Waals surface area contributed by atoms with E-state index in [1.165, 1.54) is 0 Å². The van der Waals surface area contributed by atoms with Gasteiger partial charge in [0.15, 0.2) is 0 Å². The Morgan fingerprint density at radius 1 is 1.33 bits per heavy atom. The molecule has 0 radical (unpaired) electrons. The van der Waals surface area contributed by atoms with Crippen LogP contribution in [0.15, 0.2) is 12.3 Å². The third-order valence-electron chi connectivity index (χ3n) is 1.86. The van der Waals surface area contributed by atoms with Crippen LogP contribution in [0.25, 0.3) is 0 Å². The molecule has 7 heteroatoms. The van der Waals surface area contributed by atoms with E-state index >= 15 is 0 Å².